The van der Waals surface area contributed by atoms with Crippen LogP contribution in [0.2, 0.25) is 0 Å². The molecule has 0 atom stereocenters. The van der Waals surface area contributed by atoms with Crippen molar-refractivity contribution < 1.29 is 14.3 Å². The van der Waals surface area contributed by atoms with Gasteiger partial charge < -0.3 is 14.4 Å². The smallest absolute Gasteiger partial charge is 0.254 e. The summed E-state index contributed by atoms with van der Waals surface area (Å²) in [5.41, 5.74) is 4.41. The van der Waals surface area contributed by atoms with Crippen molar-refractivity contribution in [1.82, 2.24) is 9.88 Å². The average molecular weight is 390 g/mol. The summed E-state index contributed by atoms with van der Waals surface area (Å²) in [7, 11) is 3.42. The Hall–Kier alpha value is -3.34. The standard InChI is InChI=1S/C24H26N2O3/c1-17-14-25-22(18(2)23(17)28-4)15-26(3)24(27)20-11-8-12-21(13-20)29-16-19-9-6-5-7-10-19/h5-14H,15-16H2,1-4H3. The fourth-order valence-corrected chi connectivity index (χ4v) is 3.21. The van der Waals surface area contributed by atoms with Crippen LogP contribution < -0.4 is 9.47 Å². The van der Waals surface area contributed by atoms with Gasteiger partial charge in [0.1, 0.15) is 18.1 Å². The van der Waals surface area contributed by atoms with Gasteiger partial charge in [0.15, 0.2) is 0 Å². The van der Waals surface area contributed by atoms with Crippen LogP contribution in [0.25, 0.3) is 0 Å². The molecular weight excluding hydrogens is 364 g/mol. The molecule has 0 saturated carbocycles. The lowest BCUT2D eigenvalue weighted by atomic mass is 10.1. The van der Waals surface area contributed by atoms with Crippen LogP contribution in [0.3, 0.4) is 0 Å². The van der Waals surface area contributed by atoms with Crippen molar-refractivity contribution >= 4 is 5.91 Å². The summed E-state index contributed by atoms with van der Waals surface area (Å²) in [4.78, 5) is 19.1. The molecule has 3 rings (SSSR count). The zero-order valence-electron chi connectivity index (χ0n) is 17.3. The molecular formula is C24H26N2O3. The molecule has 0 fully saturated rings. The number of hydrogen-bond acceptors (Lipinski definition) is 4. The highest BCUT2D eigenvalue weighted by molar-refractivity contribution is 5.94. The van der Waals surface area contributed by atoms with E-state index >= 15 is 0 Å². The molecule has 150 valence electrons. The predicted octanol–water partition coefficient (Wildman–Crippen LogP) is 4.56. The molecule has 0 radical (unpaired) electrons. The number of nitrogens with zero attached hydrogens (tertiary/aromatic N) is 2. The van der Waals surface area contributed by atoms with E-state index in [1.807, 2.05) is 56.3 Å². The van der Waals surface area contributed by atoms with Crippen LogP contribution >= 0.6 is 0 Å². The van der Waals surface area contributed by atoms with Crippen LogP contribution in [0.5, 0.6) is 11.5 Å². The number of amides is 1. The van der Waals surface area contributed by atoms with E-state index in [4.69, 9.17) is 9.47 Å². The zero-order valence-corrected chi connectivity index (χ0v) is 17.3. The highest BCUT2D eigenvalue weighted by Gasteiger charge is 2.16. The van der Waals surface area contributed by atoms with Crippen molar-refractivity contribution in [3.8, 4) is 11.5 Å². The van der Waals surface area contributed by atoms with Crippen molar-refractivity contribution in [2.75, 3.05) is 14.2 Å². The van der Waals surface area contributed by atoms with E-state index in [1.54, 1.807) is 37.4 Å². The Morgan fingerprint density at radius 2 is 1.83 bits per heavy atom. The Labute approximate surface area is 171 Å². The average Bonchev–Trinajstić information content (AvgIpc) is 2.75. The number of carbonyl (C=O) groups is 1. The fraction of sp³-hybridized carbons (Fsp3) is 0.250. The fourth-order valence-electron chi connectivity index (χ4n) is 3.21. The lowest BCUT2D eigenvalue weighted by molar-refractivity contribution is 0.0782. The third kappa shape index (κ3) is 4.93. The van der Waals surface area contributed by atoms with Crippen molar-refractivity contribution in [2.24, 2.45) is 0 Å². The molecule has 0 unspecified atom stereocenters. The number of aryl methyl sites for hydroxylation is 1. The molecule has 0 saturated heterocycles. The van der Waals surface area contributed by atoms with E-state index in [0.29, 0.717) is 24.5 Å². The van der Waals surface area contributed by atoms with E-state index in [-0.39, 0.29) is 5.91 Å². The molecule has 3 aromatic rings. The van der Waals surface area contributed by atoms with Crippen LogP contribution in [-0.2, 0) is 13.2 Å². The highest BCUT2D eigenvalue weighted by Crippen LogP contribution is 2.25. The second kappa shape index (κ2) is 9.24. The molecule has 0 aliphatic carbocycles. The number of ether oxygens (including phenoxy) is 2. The van der Waals surface area contributed by atoms with Crippen molar-refractivity contribution in [3.63, 3.8) is 0 Å². The molecule has 2 aromatic carbocycles. The predicted molar refractivity (Wildman–Crippen MR) is 113 cm³/mol. The van der Waals surface area contributed by atoms with E-state index in [9.17, 15) is 4.79 Å². The number of hydrogen-bond donors (Lipinski definition) is 0. The summed E-state index contributed by atoms with van der Waals surface area (Å²) in [5, 5.41) is 0. The maximum absolute atomic E-state index is 12.9. The second-order valence-corrected chi connectivity index (χ2v) is 7.01. The number of pyridine rings is 1. The quantitative estimate of drug-likeness (QED) is 0.593. The summed E-state index contributed by atoms with van der Waals surface area (Å²) < 4.78 is 11.3. The normalized spacial score (nSPS) is 10.5. The third-order valence-corrected chi connectivity index (χ3v) is 4.81. The molecule has 5 nitrogen and oxygen atoms in total. The van der Waals surface area contributed by atoms with Gasteiger partial charge in [-0.25, -0.2) is 0 Å². The van der Waals surface area contributed by atoms with E-state index < -0.39 is 0 Å². The molecule has 0 spiro atoms. The van der Waals surface area contributed by atoms with Crippen LogP contribution in [0.15, 0.2) is 60.8 Å². The van der Waals surface area contributed by atoms with Gasteiger partial charge in [-0.15, -0.1) is 0 Å². The van der Waals surface area contributed by atoms with E-state index in [1.165, 1.54) is 0 Å². The lowest BCUT2D eigenvalue weighted by Gasteiger charge is -2.20. The van der Waals surface area contributed by atoms with Crippen LogP contribution in [0.1, 0.15) is 32.7 Å². The highest BCUT2D eigenvalue weighted by atomic mass is 16.5. The lowest BCUT2D eigenvalue weighted by Crippen LogP contribution is -2.27. The van der Waals surface area contributed by atoms with Gasteiger partial charge in [-0.2, -0.15) is 0 Å². The first kappa shape index (κ1) is 20.4. The Balaban J connectivity index is 1.70. The maximum Gasteiger partial charge on any atom is 0.254 e. The molecule has 1 amide bonds. The SMILES string of the molecule is COc1c(C)cnc(CN(C)C(=O)c2cccc(OCc3ccccc3)c2)c1C. The molecule has 1 aromatic heterocycles. The van der Waals surface area contributed by atoms with Crippen molar-refractivity contribution in [3.05, 3.63) is 88.7 Å². The number of methoxy groups -OCH3 is 1. The number of aromatic nitrogens is 1. The van der Waals surface area contributed by atoms with Gasteiger partial charge in [-0.3, -0.25) is 9.78 Å². The first-order chi connectivity index (χ1) is 14.0. The first-order valence-electron chi connectivity index (χ1n) is 9.51. The van der Waals surface area contributed by atoms with Crippen LogP contribution in [0.4, 0.5) is 0 Å². The van der Waals surface area contributed by atoms with Gasteiger partial charge in [0.05, 0.1) is 19.3 Å². The Bertz CT molecular complexity index is 987. The topological polar surface area (TPSA) is 51.7 Å². The first-order valence-corrected chi connectivity index (χ1v) is 9.51. The third-order valence-electron chi connectivity index (χ3n) is 4.81. The number of rotatable bonds is 7. The second-order valence-electron chi connectivity index (χ2n) is 7.01. The maximum atomic E-state index is 12.9. The number of benzene rings is 2. The van der Waals surface area contributed by atoms with Gasteiger partial charge >= 0.3 is 0 Å². The van der Waals surface area contributed by atoms with Crippen molar-refractivity contribution in [2.45, 2.75) is 27.0 Å². The van der Waals surface area contributed by atoms with Gasteiger partial charge in [-0.1, -0.05) is 36.4 Å². The molecule has 29 heavy (non-hydrogen) atoms. The minimum atomic E-state index is -0.0871. The van der Waals surface area contributed by atoms with Gasteiger partial charge in [0.25, 0.3) is 5.91 Å². The monoisotopic (exact) mass is 390 g/mol. The summed E-state index contributed by atoms with van der Waals surface area (Å²) in [5.74, 6) is 1.39. The molecule has 0 N–H and O–H groups in total. The van der Waals surface area contributed by atoms with Crippen LogP contribution in [-0.4, -0.2) is 29.9 Å². The summed E-state index contributed by atoms with van der Waals surface area (Å²) in [6, 6.07) is 17.2. The molecule has 0 bridgehead atoms. The van der Waals surface area contributed by atoms with E-state index in [2.05, 4.69) is 4.98 Å². The van der Waals surface area contributed by atoms with E-state index in [0.717, 1.165) is 28.1 Å². The van der Waals surface area contributed by atoms with Gasteiger partial charge in [0, 0.05) is 29.9 Å². The van der Waals surface area contributed by atoms with Crippen LogP contribution in [0, 0.1) is 13.8 Å². The molecule has 0 aliphatic heterocycles. The Kier molecular flexibility index (Phi) is 6.50. The minimum absolute atomic E-state index is 0.0871. The summed E-state index contributed by atoms with van der Waals surface area (Å²) >= 11 is 0. The molecule has 0 aliphatic rings. The largest absolute Gasteiger partial charge is 0.496 e. The molecule has 1 heterocycles. The van der Waals surface area contributed by atoms with Gasteiger partial charge in [-0.05, 0) is 37.6 Å². The minimum Gasteiger partial charge on any atom is -0.496 e. The Morgan fingerprint density at radius 3 is 2.55 bits per heavy atom. The Morgan fingerprint density at radius 1 is 1.07 bits per heavy atom. The summed E-state index contributed by atoms with van der Waals surface area (Å²) in [6.07, 6.45) is 1.78. The number of carbonyl (C=O) groups excluding carboxylic acids is 1. The van der Waals surface area contributed by atoms with Gasteiger partial charge in [0.2, 0.25) is 0 Å². The van der Waals surface area contributed by atoms with Crippen molar-refractivity contribution in [1.29, 1.82) is 0 Å². The zero-order chi connectivity index (χ0) is 20.8. The molecule has 5 heteroatoms. The summed E-state index contributed by atoms with van der Waals surface area (Å²) in [6.45, 7) is 4.78.